The molecule has 0 radical (unpaired) electrons. The van der Waals surface area contributed by atoms with E-state index in [0.717, 1.165) is 11.1 Å². The number of nitrogens with one attached hydrogen (secondary N) is 1. The molecule has 4 rings (SSSR count). The molecule has 0 spiro atoms. The van der Waals surface area contributed by atoms with Crippen LogP contribution in [-0.2, 0) is 4.79 Å². The second-order valence-corrected chi connectivity index (χ2v) is 6.60. The van der Waals surface area contributed by atoms with E-state index in [4.69, 9.17) is 16.0 Å². The summed E-state index contributed by atoms with van der Waals surface area (Å²) in [5, 5.41) is 15.3. The van der Waals surface area contributed by atoms with E-state index in [1.807, 2.05) is 37.3 Å². The van der Waals surface area contributed by atoms with Crippen molar-refractivity contribution in [1.82, 2.24) is 20.2 Å². The molecule has 0 unspecified atom stereocenters. The Kier molecular flexibility index (Phi) is 5.22. The summed E-state index contributed by atoms with van der Waals surface area (Å²) in [6.45, 7) is 1.83. The summed E-state index contributed by atoms with van der Waals surface area (Å²) in [5.41, 5.74) is 2.33. The fourth-order valence-electron chi connectivity index (χ4n) is 2.78. The van der Waals surface area contributed by atoms with Crippen LogP contribution in [0.5, 0.6) is 0 Å². The zero-order valence-electron chi connectivity index (χ0n) is 15.4. The monoisotopic (exact) mass is 405 g/mol. The van der Waals surface area contributed by atoms with Gasteiger partial charge < -0.3 is 9.73 Å². The summed E-state index contributed by atoms with van der Waals surface area (Å²) in [6.07, 6.45) is 3.11. The number of nitrogens with zero attached hydrogens (tertiary/aromatic N) is 4. The molecule has 1 amide bonds. The topological polar surface area (TPSA) is 85.8 Å². The number of hydrogen-bond acceptors (Lipinski definition) is 5. The van der Waals surface area contributed by atoms with Crippen molar-refractivity contribution < 1.29 is 9.21 Å². The predicted molar refractivity (Wildman–Crippen MR) is 111 cm³/mol. The van der Waals surface area contributed by atoms with Gasteiger partial charge in [0.25, 0.3) is 5.91 Å². The quantitative estimate of drug-likeness (QED) is 0.493. The van der Waals surface area contributed by atoms with Gasteiger partial charge in [0.1, 0.15) is 11.5 Å². The number of carbonyl (C=O) groups excluding carboxylic acids is 1. The van der Waals surface area contributed by atoms with Crippen molar-refractivity contribution in [3.8, 4) is 11.4 Å². The van der Waals surface area contributed by atoms with Gasteiger partial charge in [-0.3, -0.25) is 4.79 Å². The molecule has 7 nitrogen and oxygen atoms in total. The Morgan fingerprint density at radius 2 is 1.93 bits per heavy atom. The minimum Gasteiger partial charge on any atom is -0.465 e. The van der Waals surface area contributed by atoms with Crippen LogP contribution < -0.4 is 5.32 Å². The molecule has 2 heterocycles. The Morgan fingerprint density at radius 1 is 1.10 bits per heavy atom. The molecule has 2 aromatic heterocycles. The number of carbonyl (C=O) groups is 1. The number of furan rings is 1. The third-order valence-electron chi connectivity index (χ3n) is 4.30. The van der Waals surface area contributed by atoms with E-state index in [1.54, 1.807) is 36.4 Å². The minimum atomic E-state index is -0.406. The van der Waals surface area contributed by atoms with Crippen LogP contribution in [-0.4, -0.2) is 26.1 Å². The first-order valence-electron chi connectivity index (χ1n) is 8.79. The normalized spacial score (nSPS) is 11.4. The lowest BCUT2D eigenvalue weighted by Crippen LogP contribution is -2.20. The lowest BCUT2D eigenvalue weighted by molar-refractivity contribution is -0.111. The van der Waals surface area contributed by atoms with Crippen LogP contribution in [0.15, 0.2) is 71.3 Å². The summed E-state index contributed by atoms with van der Waals surface area (Å²) in [5.74, 6) is 0.519. The summed E-state index contributed by atoms with van der Waals surface area (Å²) >= 11 is 6.18. The van der Waals surface area contributed by atoms with Crippen LogP contribution in [0.2, 0.25) is 5.02 Å². The summed E-state index contributed by atoms with van der Waals surface area (Å²) in [7, 11) is 0. The van der Waals surface area contributed by atoms with Gasteiger partial charge in [0, 0.05) is 22.3 Å². The Balaban J connectivity index is 1.77. The van der Waals surface area contributed by atoms with Gasteiger partial charge in [0.05, 0.1) is 6.26 Å². The van der Waals surface area contributed by atoms with Gasteiger partial charge in [0.15, 0.2) is 5.82 Å². The highest BCUT2D eigenvalue weighted by Crippen LogP contribution is 2.25. The molecule has 0 aliphatic carbocycles. The molecule has 0 saturated carbocycles. The third kappa shape index (κ3) is 3.95. The van der Waals surface area contributed by atoms with E-state index >= 15 is 0 Å². The lowest BCUT2D eigenvalue weighted by atomic mass is 10.2. The summed E-state index contributed by atoms with van der Waals surface area (Å²) in [6, 6.07) is 18.2. The van der Waals surface area contributed by atoms with Gasteiger partial charge in [-0.1, -0.05) is 48.0 Å². The minimum absolute atomic E-state index is 0.197. The smallest absolute Gasteiger partial charge is 0.274 e. The van der Waals surface area contributed by atoms with Crippen molar-refractivity contribution in [1.29, 1.82) is 0 Å². The molecule has 29 heavy (non-hydrogen) atoms. The number of aromatic nitrogens is 4. The van der Waals surface area contributed by atoms with Gasteiger partial charge in [0.2, 0.25) is 0 Å². The molecule has 144 valence electrons. The van der Waals surface area contributed by atoms with E-state index in [2.05, 4.69) is 20.8 Å². The van der Waals surface area contributed by atoms with Crippen molar-refractivity contribution >= 4 is 35.0 Å². The van der Waals surface area contributed by atoms with Gasteiger partial charge >= 0.3 is 0 Å². The molecule has 1 N–H and O–H groups in total. The number of rotatable bonds is 5. The first kappa shape index (κ1) is 18.6. The molecule has 0 fully saturated rings. The van der Waals surface area contributed by atoms with Crippen LogP contribution in [0, 0.1) is 6.92 Å². The maximum atomic E-state index is 13.2. The molecule has 0 bridgehead atoms. The Labute approximate surface area is 171 Å². The Morgan fingerprint density at radius 3 is 2.69 bits per heavy atom. The average Bonchev–Trinajstić information content (AvgIpc) is 3.42. The zero-order chi connectivity index (χ0) is 20.2. The number of tetrazole rings is 1. The summed E-state index contributed by atoms with van der Waals surface area (Å²) in [4.78, 5) is 13.2. The second-order valence-electron chi connectivity index (χ2n) is 6.19. The van der Waals surface area contributed by atoms with E-state index in [1.165, 1.54) is 10.9 Å². The molecule has 8 heteroatoms. The van der Waals surface area contributed by atoms with Gasteiger partial charge in [-0.05, 0) is 47.2 Å². The summed E-state index contributed by atoms with van der Waals surface area (Å²) < 4.78 is 6.77. The number of halogens is 1. The number of amides is 1. The van der Waals surface area contributed by atoms with Crippen molar-refractivity contribution in [3.05, 3.63) is 83.3 Å². The molecular weight excluding hydrogens is 390 g/mol. The lowest BCUT2D eigenvalue weighted by Gasteiger charge is -2.12. The van der Waals surface area contributed by atoms with Crippen molar-refractivity contribution in [3.63, 3.8) is 0 Å². The standard InChI is InChI=1S/C21H16ClN5O2/c1-14-17(22)10-5-11-18(14)23-21(28)19(13-16-9-6-12-29-16)27-20(24-25-26-27)15-7-3-2-4-8-15/h2-13H,1H3,(H,23,28). The first-order chi connectivity index (χ1) is 14.1. The van der Waals surface area contributed by atoms with Crippen LogP contribution in [0.3, 0.4) is 0 Å². The fourth-order valence-corrected chi connectivity index (χ4v) is 2.95. The van der Waals surface area contributed by atoms with Gasteiger partial charge in [-0.15, -0.1) is 5.10 Å². The van der Waals surface area contributed by atoms with E-state index < -0.39 is 5.91 Å². The maximum Gasteiger partial charge on any atom is 0.274 e. The molecule has 0 aliphatic rings. The first-order valence-corrected chi connectivity index (χ1v) is 9.17. The van der Waals surface area contributed by atoms with Crippen molar-refractivity contribution in [2.45, 2.75) is 6.92 Å². The molecule has 4 aromatic rings. The molecule has 2 aromatic carbocycles. The molecular formula is C21H16ClN5O2. The zero-order valence-corrected chi connectivity index (χ0v) is 16.2. The fraction of sp³-hybridized carbons (Fsp3) is 0.0476. The van der Waals surface area contributed by atoms with Gasteiger partial charge in [-0.2, -0.15) is 4.68 Å². The van der Waals surface area contributed by atoms with Crippen molar-refractivity contribution in [2.24, 2.45) is 0 Å². The van der Waals surface area contributed by atoms with Gasteiger partial charge in [-0.25, -0.2) is 0 Å². The number of anilines is 1. The van der Waals surface area contributed by atoms with E-state index in [9.17, 15) is 4.79 Å². The largest absolute Gasteiger partial charge is 0.465 e. The number of hydrogen-bond donors (Lipinski definition) is 1. The van der Waals surface area contributed by atoms with Crippen LogP contribution in [0.25, 0.3) is 23.2 Å². The number of benzene rings is 2. The van der Waals surface area contributed by atoms with E-state index in [0.29, 0.717) is 22.3 Å². The van der Waals surface area contributed by atoms with E-state index in [-0.39, 0.29) is 5.70 Å². The second kappa shape index (κ2) is 8.12. The molecule has 0 saturated heterocycles. The van der Waals surface area contributed by atoms with Crippen molar-refractivity contribution in [2.75, 3.05) is 5.32 Å². The Bertz CT molecular complexity index is 1170. The highest BCUT2D eigenvalue weighted by molar-refractivity contribution is 6.32. The molecule has 0 aliphatic heterocycles. The van der Waals surface area contributed by atoms with Crippen LogP contribution in [0.1, 0.15) is 11.3 Å². The van der Waals surface area contributed by atoms with Crippen LogP contribution in [0.4, 0.5) is 5.69 Å². The third-order valence-corrected chi connectivity index (χ3v) is 4.71. The maximum absolute atomic E-state index is 13.2. The predicted octanol–water partition coefficient (Wildman–Crippen LogP) is 4.53. The average molecular weight is 406 g/mol. The highest BCUT2D eigenvalue weighted by Gasteiger charge is 2.20. The molecule has 0 atom stereocenters. The highest BCUT2D eigenvalue weighted by atomic mass is 35.5. The SMILES string of the molecule is Cc1c(Cl)cccc1NC(=O)C(=Cc1ccco1)n1nnnc1-c1ccccc1. The Hall–Kier alpha value is -3.71. The van der Waals surface area contributed by atoms with Crippen LogP contribution >= 0.6 is 11.6 Å².